The fraction of sp³-hybridized carbons (Fsp3) is 0.500. The molecule has 0 aromatic heterocycles. The quantitative estimate of drug-likeness (QED) is 0.761. The molecule has 2 atom stereocenters. The molecule has 2 amide bonds. The molecule has 1 aromatic carbocycles. The highest BCUT2D eigenvalue weighted by molar-refractivity contribution is 5.99. The van der Waals surface area contributed by atoms with Gasteiger partial charge >= 0.3 is 0 Å². The van der Waals surface area contributed by atoms with Crippen molar-refractivity contribution in [1.29, 1.82) is 0 Å². The lowest BCUT2D eigenvalue weighted by atomic mass is 10.2. The maximum absolute atomic E-state index is 13.5. The molecule has 0 heterocycles. The van der Waals surface area contributed by atoms with Gasteiger partial charge in [-0.1, -0.05) is 19.8 Å². The van der Waals surface area contributed by atoms with E-state index in [1.807, 2.05) is 0 Å². The molecule has 1 fully saturated rings. The molecule has 2 rings (SSSR count). The van der Waals surface area contributed by atoms with Gasteiger partial charge in [0.05, 0.1) is 17.5 Å². The molecule has 2 unspecified atom stereocenters. The van der Waals surface area contributed by atoms with E-state index in [4.69, 9.17) is 0 Å². The van der Waals surface area contributed by atoms with Crippen LogP contribution in [-0.4, -0.2) is 18.4 Å². The highest BCUT2D eigenvalue weighted by atomic mass is 19.1. The lowest BCUT2D eigenvalue weighted by molar-refractivity contribution is -0.125. The van der Waals surface area contributed by atoms with Crippen molar-refractivity contribution in [3.05, 3.63) is 29.8 Å². The molecule has 4 nitrogen and oxygen atoms in total. The van der Waals surface area contributed by atoms with Gasteiger partial charge in [0.1, 0.15) is 11.6 Å². The topological polar surface area (TPSA) is 58.2 Å². The van der Waals surface area contributed by atoms with Gasteiger partial charge < -0.3 is 10.6 Å². The van der Waals surface area contributed by atoms with Crippen LogP contribution in [0.1, 0.15) is 32.6 Å². The second-order valence-corrected chi connectivity index (χ2v) is 5.56. The maximum Gasteiger partial charge on any atom is 0.228 e. The Bertz CT molecular complexity index is 563. The number of hydrogen-bond acceptors (Lipinski definition) is 2. The van der Waals surface area contributed by atoms with Crippen molar-refractivity contribution >= 4 is 17.5 Å². The number of carbonyl (C=O) groups is 2. The Kier molecular flexibility index (Phi) is 5.46. The highest BCUT2D eigenvalue weighted by Gasteiger charge is 2.47. The summed E-state index contributed by atoms with van der Waals surface area (Å²) in [5.74, 6) is -2.84. The van der Waals surface area contributed by atoms with Crippen LogP contribution in [0.4, 0.5) is 14.5 Å². The molecule has 0 radical (unpaired) electrons. The summed E-state index contributed by atoms with van der Waals surface area (Å²) in [6, 6.07) is 2.95. The molecule has 1 saturated carbocycles. The number of carbonyl (C=O) groups excluding carboxylic acids is 2. The second-order valence-electron chi connectivity index (χ2n) is 5.56. The van der Waals surface area contributed by atoms with Crippen molar-refractivity contribution in [2.24, 2.45) is 11.8 Å². The molecule has 120 valence electrons. The summed E-state index contributed by atoms with van der Waals surface area (Å²) in [5, 5.41) is 5.20. The van der Waals surface area contributed by atoms with Gasteiger partial charge in [0.2, 0.25) is 11.8 Å². The SMILES string of the molecule is CCCCCNC(=O)C1CC1C(=O)Nc1ccc(F)cc1F. The van der Waals surface area contributed by atoms with E-state index in [1.54, 1.807) is 0 Å². The molecule has 22 heavy (non-hydrogen) atoms. The minimum Gasteiger partial charge on any atom is -0.356 e. The summed E-state index contributed by atoms with van der Waals surface area (Å²) in [6.07, 6.45) is 3.52. The molecule has 0 bridgehead atoms. The monoisotopic (exact) mass is 310 g/mol. The van der Waals surface area contributed by atoms with Crippen LogP contribution in [0.2, 0.25) is 0 Å². The molecular weight excluding hydrogens is 290 g/mol. The number of hydrogen-bond donors (Lipinski definition) is 2. The minimum absolute atomic E-state index is 0.0691. The van der Waals surface area contributed by atoms with Crippen LogP contribution in [-0.2, 0) is 9.59 Å². The fourth-order valence-corrected chi connectivity index (χ4v) is 2.31. The lowest BCUT2D eigenvalue weighted by Crippen LogP contribution is -2.28. The fourth-order valence-electron chi connectivity index (χ4n) is 2.31. The van der Waals surface area contributed by atoms with Crippen LogP contribution < -0.4 is 10.6 Å². The predicted octanol–water partition coefficient (Wildman–Crippen LogP) is 2.85. The number of unbranched alkanes of at least 4 members (excludes halogenated alkanes) is 2. The van der Waals surface area contributed by atoms with E-state index in [-0.39, 0.29) is 17.5 Å². The Balaban J connectivity index is 1.79. The zero-order chi connectivity index (χ0) is 16.1. The smallest absolute Gasteiger partial charge is 0.228 e. The van der Waals surface area contributed by atoms with Gasteiger partial charge in [0.15, 0.2) is 0 Å². The summed E-state index contributed by atoms with van der Waals surface area (Å²) in [7, 11) is 0. The molecule has 1 aliphatic carbocycles. The van der Waals surface area contributed by atoms with Crippen LogP contribution in [0.5, 0.6) is 0 Å². The van der Waals surface area contributed by atoms with Crippen molar-refractivity contribution in [3.63, 3.8) is 0 Å². The average molecular weight is 310 g/mol. The van der Waals surface area contributed by atoms with Crippen molar-refractivity contribution in [2.45, 2.75) is 32.6 Å². The Morgan fingerprint density at radius 1 is 1.18 bits per heavy atom. The maximum atomic E-state index is 13.5. The second kappa shape index (κ2) is 7.33. The van der Waals surface area contributed by atoms with Crippen LogP contribution >= 0.6 is 0 Å². The summed E-state index contributed by atoms with van der Waals surface area (Å²) in [4.78, 5) is 23.8. The molecule has 2 N–H and O–H groups in total. The molecular formula is C16H20F2N2O2. The third kappa shape index (κ3) is 4.26. The number of benzene rings is 1. The number of anilines is 1. The van der Waals surface area contributed by atoms with Gasteiger partial charge in [-0.2, -0.15) is 0 Å². The van der Waals surface area contributed by atoms with E-state index in [0.717, 1.165) is 25.3 Å². The molecule has 6 heteroatoms. The molecule has 1 aromatic rings. The number of nitrogens with one attached hydrogen (secondary N) is 2. The standard InChI is InChI=1S/C16H20F2N2O2/c1-2-3-4-7-19-15(21)11-9-12(11)16(22)20-14-6-5-10(17)8-13(14)18/h5-6,8,11-12H,2-4,7,9H2,1H3,(H,19,21)(H,20,22). The van der Waals surface area contributed by atoms with Crippen LogP contribution in [0.25, 0.3) is 0 Å². The van der Waals surface area contributed by atoms with Crippen LogP contribution in [0.15, 0.2) is 18.2 Å². The zero-order valence-electron chi connectivity index (χ0n) is 12.5. The van der Waals surface area contributed by atoms with Gasteiger partial charge in [-0.05, 0) is 25.0 Å². The Morgan fingerprint density at radius 3 is 2.59 bits per heavy atom. The summed E-state index contributed by atoms with van der Waals surface area (Å²) in [5.41, 5.74) is -0.0691. The minimum atomic E-state index is -0.824. The molecule has 1 aliphatic rings. The number of halogens is 2. The first kappa shape index (κ1) is 16.4. The Hall–Kier alpha value is -1.98. The summed E-state index contributed by atoms with van der Waals surface area (Å²) < 4.78 is 26.2. The van der Waals surface area contributed by atoms with E-state index >= 15 is 0 Å². The van der Waals surface area contributed by atoms with E-state index in [2.05, 4.69) is 17.6 Å². The first-order chi connectivity index (χ1) is 10.5. The van der Waals surface area contributed by atoms with E-state index in [0.29, 0.717) is 19.0 Å². The summed E-state index contributed by atoms with van der Waals surface area (Å²) in [6.45, 7) is 2.70. The number of amides is 2. The van der Waals surface area contributed by atoms with Crippen LogP contribution in [0.3, 0.4) is 0 Å². The first-order valence-corrected chi connectivity index (χ1v) is 7.56. The zero-order valence-corrected chi connectivity index (χ0v) is 12.5. The van der Waals surface area contributed by atoms with Crippen LogP contribution in [0, 0.1) is 23.5 Å². The predicted molar refractivity (Wildman–Crippen MR) is 79.1 cm³/mol. The van der Waals surface area contributed by atoms with Crippen molar-refractivity contribution in [1.82, 2.24) is 5.32 Å². The van der Waals surface area contributed by atoms with E-state index in [9.17, 15) is 18.4 Å². The Labute approximate surface area is 128 Å². The van der Waals surface area contributed by atoms with Crippen molar-refractivity contribution in [2.75, 3.05) is 11.9 Å². The van der Waals surface area contributed by atoms with Gasteiger partial charge in [-0.15, -0.1) is 0 Å². The Morgan fingerprint density at radius 2 is 1.91 bits per heavy atom. The van der Waals surface area contributed by atoms with Gasteiger partial charge in [0.25, 0.3) is 0 Å². The molecule has 0 saturated heterocycles. The van der Waals surface area contributed by atoms with Gasteiger partial charge in [0, 0.05) is 12.6 Å². The largest absolute Gasteiger partial charge is 0.356 e. The summed E-state index contributed by atoms with van der Waals surface area (Å²) >= 11 is 0. The van der Waals surface area contributed by atoms with Crippen molar-refractivity contribution in [3.8, 4) is 0 Å². The molecule has 0 spiro atoms. The number of rotatable bonds is 7. The third-order valence-electron chi connectivity index (χ3n) is 3.73. The van der Waals surface area contributed by atoms with Gasteiger partial charge in [-0.3, -0.25) is 9.59 Å². The third-order valence-corrected chi connectivity index (χ3v) is 3.73. The normalized spacial score (nSPS) is 19.6. The lowest BCUT2D eigenvalue weighted by Gasteiger charge is -2.07. The first-order valence-electron chi connectivity index (χ1n) is 7.56. The van der Waals surface area contributed by atoms with Gasteiger partial charge in [-0.25, -0.2) is 8.78 Å². The van der Waals surface area contributed by atoms with Crippen molar-refractivity contribution < 1.29 is 18.4 Å². The average Bonchev–Trinajstić information content (AvgIpc) is 3.27. The van der Waals surface area contributed by atoms with E-state index in [1.165, 1.54) is 6.07 Å². The molecule has 0 aliphatic heterocycles. The van der Waals surface area contributed by atoms with E-state index < -0.39 is 23.5 Å². The highest BCUT2D eigenvalue weighted by Crippen LogP contribution is 2.39.